The van der Waals surface area contributed by atoms with E-state index in [4.69, 9.17) is 25.5 Å². The molecule has 5 aromatic rings. The van der Waals surface area contributed by atoms with Crippen LogP contribution in [0.2, 0.25) is 5.02 Å². The first-order valence-electron chi connectivity index (χ1n) is 12.1. The predicted molar refractivity (Wildman–Crippen MR) is 151 cm³/mol. The van der Waals surface area contributed by atoms with Crippen LogP contribution in [0.1, 0.15) is 12.5 Å². The Hall–Kier alpha value is -5.23. The maximum atomic E-state index is 13.6. The largest absolute Gasteiger partial charge is 0.496 e. The second-order valence-electron chi connectivity index (χ2n) is 8.68. The summed E-state index contributed by atoms with van der Waals surface area (Å²) in [7, 11) is 2.69. The molecular formula is C28H21ClN4O8. The number of halogens is 1. The molecule has 1 atom stereocenters. The van der Waals surface area contributed by atoms with Gasteiger partial charge >= 0.3 is 11.7 Å². The van der Waals surface area contributed by atoms with Crippen LogP contribution in [0.4, 0.5) is 5.69 Å². The van der Waals surface area contributed by atoms with Gasteiger partial charge in [0.1, 0.15) is 11.3 Å². The Labute approximate surface area is 236 Å². The minimum absolute atomic E-state index is 0.00445. The molecule has 0 saturated heterocycles. The van der Waals surface area contributed by atoms with Gasteiger partial charge in [-0.05, 0) is 43.3 Å². The summed E-state index contributed by atoms with van der Waals surface area (Å²) in [6, 6.07) is 16.1. The quantitative estimate of drug-likeness (QED) is 0.105. The van der Waals surface area contributed by atoms with Gasteiger partial charge in [0.05, 0.1) is 41.6 Å². The molecule has 0 N–H and O–H groups in total. The number of rotatable bonds is 8. The molecule has 13 heteroatoms. The lowest BCUT2D eigenvalue weighted by Crippen LogP contribution is -2.26. The number of carbonyl (C=O) groups is 1. The fourth-order valence-corrected chi connectivity index (χ4v) is 4.40. The summed E-state index contributed by atoms with van der Waals surface area (Å²) in [6.45, 7) is 1.37. The lowest BCUT2D eigenvalue weighted by molar-refractivity contribution is -0.386. The highest BCUT2D eigenvalue weighted by Crippen LogP contribution is 2.35. The molecule has 208 valence electrons. The van der Waals surface area contributed by atoms with Crippen molar-refractivity contribution in [3.05, 3.63) is 91.7 Å². The number of fused-ring (bicyclic) bond motifs is 2. The SMILES string of the molecule is COC(=O)[C@@H](C)Oc1c(C=Nn2c(-c3cc4c(OC)cccc4o3)nc3ccccc3c2=O)cc(Cl)cc1[N+](=O)[O-]. The lowest BCUT2D eigenvalue weighted by atomic mass is 10.2. The Morgan fingerprint density at radius 3 is 2.66 bits per heavy atom. The van der Waals surface area contributed by atoms with E-state index in [1.54, 1.807) is 48.5 Å². The molecule has 3 aromatic carbocycles. The maximum absolute atomic E-state index is 13.6. The molecule has 0 unspecified atom stereocenters. The number of esters is 1. The molecule has 0 aliphatic rings. The van der Waals surface area contributed by atoms with E-state index in [9.17, 15) is 19.7 Å². The van der Waals surface area contributed by atoms with Crippen molar-refractivity contribution in [2.75, 3.05) is 14.2 Å². The van der Waals surface area contributed by atoms with E-state index in [-0.39, 0.29) is 33.3 Å². The van der Waals surface area contributed by atoms with Crippen molar-refractivity contribution >= 4 is 51.3 Å². The first-order chi connectivity index (χ1) is 19.7. The van der Waals surface area contributed by atoms with Crippen LogP contribution in [0.15, 0.2) is 75.0 Å². The van der Waals surface area contributed by atoms with Gasteiger partial charge in [0.25, 0.3) is 5.56 Å². The average Bonchev–Trinajstić information content (AvgIpc) is 3.41. The monoisotopic (exact) mass is 576 g/mol. The molecule has 0 saturated carbocycles. The molecule has 12 nitrogen and oxygen atoms in total. The van der Waals surface area contributed by atoms with E-state index in [1.165, 1.54) is 20.1 Å². The zero-order valence-corrected chi connectivity index (χ0v) is 22.6. The Bertz CT molecular complexity index is 1910. The second-order valence-corrected chi connectivity index (χ2v) is 9.12. The topological polar surface area (TPSA) is 148 Å². The molecule has 0 amide bonds. The summed E-state index contributed by atoms with van der Waals surface area (Å²) in [5, 5.41) is 17.1. The van der Waals surface area contributed by atoms with Crippen molar-refractivity contribution in [2.45, 2.75) is 13.0 Å². The van der Waals surface area contributed by atoms with Crippen LogP contribution >= 0.6 is 11.6 Å². The molecule has 0 fully saturated rings. The van der Waals surface area contributed by atoms with Crippen molar-refractivity contribution < 1.29 is 28.3 Å². The fraction of sp³-hybridized carbons (Fsp3) is 0.143. The smallest absolute Gasteiger partial charge is 0.346 e. The zero-order chi connectivity index (χ0) is 29.3. The first kappa shape index (κ1) is 27.3. The Morgan fingerprint density at radius 2 is 1.93 bits per heavy atom. The standard InChI is InChI=1S/C28H21ClN4O8/c1-15(28(35)39-3)40-25-16(11-17(29)12-21(25)33(36)37)14-30-32-26(31-20-8-5-4-7-18(20)27(32)34)24-13-19-22(38-2)9-6-10-23(19)41-24/h4-15H,1-3H3/t15-/m1/s1. The summed E-state index contributed by atoms with van der Waals surface area (Å²) in [5.41, 5.74) is -0.118. The number of para-hydroxylation sites is 1. The van der Waals surface area contributed by atoms with Gasteiger partial charge in [-0.3, -0.25) is 14.9 Å². The number of hydrogen-bond acceptors (Lipinski definition) is 10. The van der Waals surface area contributed by atoms with Crippen molar-refractivity contribution in [2.24, 2.45) is 5.10 Å². The molecule has 0 radical (unpaired) electrons. The highest BCUT2D eigenvalue weighted by molar-refractivity contribution is 6.31. The predicted octanol–water partition coefficient (Wildman–Crippen LogP) is 5.20. The van der Waals surface area contributed by atoms with E-state index < -0.39 is 28.2 Å². The summed E-state index contributed by atoms with van der Waals surface area (Å²) in [6.07, 6.45) is -0.0406. The van der Waals surface area contributed by atoms with Crippen LogP contribution in [0.25, 0.3) is 33.5 Å². The van der Waals surface area contributed by atoms with Crippen LogP contribution in [0, 0.1) is 10.1 Å². The van der Waals surface area contributed by atoms with E-state index in [2.05, 4.69) is 14.8 Å². The molecule has 0 aliphatic heterocycles. The minimum atomic E-state index is -1.20. The van der Waals surface area contributed by atoms with Crippen molar-refractivity contribution in [3.63, 3.8) is 0 Å². The zero-order valence-electron chi connectivity index (χ0n) is 21.9. The van der Waals surface area contributed by atoms with Crippen molar-refractivity contribution in [3.8, 4) is 23.1 Å². The number of ether oxygens (including phenoxy) is 3. The van der Waals surface area contributed by atoms with Gasteiger partial charge in [0.2, 0.25) is 11.6 Å². The van der Waals surface area contributed by atoms with Gasteiger partial charge in [0, 0.05) is 16.7 Å². The molecule has 0 spiro atoms. The number of aromatic nitrogens is 2. The van der Waals surface area contributed by atoms with E-state index in [0.717, 1.165) is 24.1 Å². The normalized spacial score (nSPS) is 12.1. The molecular weight excluding hydrogens is 556 g/mol. The van der Waals surface area contributed by atoms with Crippen LogP contribution in [-0.2, 0) is 9.53 Å². The van der Waals surface area contributed by atoms with Crippen molar-refractivity contribution in [1.82, 2.24) is 9.66 Å². The molecule has 0 aliphatic carbocycles. The highest BCUT2D eigenvalue weighted by Gasteiger charge is 2.26. The number of methoxy groups -OCH3 is 2. The van der Waals surface area contributed by atoms with Crippen molar-refractivity contribution in [1.29, 1.82) is 0 Å². The Kier molecular flexibility index (Phi) is 7.40. The minimum Gasteiger partial charge on any atom is -0.496 e. The van der Waals surface area contributed by atoms with Crippen LogP contribution < -0.4 is 15.0 Å². The third kappa shape index (κ3) is 5.20. The van der Waals surface area contributed by atoms with Crippen LogP contribution in [0.5, 0.6) is 11.5 Å². The second kappa shape index (κ2) is 11.1. The molecule has 2 aromatic heterocycles. The van der Waals surface area contributed by atoms with Gasteiger partial charge in [-0.15, -0.1) is 0 Å². The number of furan rings is 1. The lowest BCUT2D eigenvalue weighted by Gasteiger charge is -2.15. The summed E-state index contributed by atoms with van der Waals surface area (Å²) < 4.78 is 22.7. The number of nitrogens with zero attached hydrogens (tertiary/aromatic N) is 4. The van der Waals surface area contributed by atoms with Gasteiger partial charge < -0.3 is 18.6 Å². The summed E-state index contributed by atoms with van der Waals surface area (Å²) >= 11 is 6.16. The Balaban J connectivity index is 1.72. The van der Waals surface area contributed by atoms with Crippen LogP contribution in [-0.4, -0.2) is 47.1 Å². The van der Waals surface area contributed by atoms with Gasteiger partial charge in [-0.1, -0.05) is 29.8 Å². The van der Waals surface area contributed by atoms with Gasteiger partial charge in [0.15, 0.2) is 11.9 Å². The number of benzene rings is 3. The first-order valence-corrected chi connectivity index (χ1v) is 12.4. The number of nitro benzene ring substituents is 1. The molecule has 0 bridgehead atoms. The summed E-state index contributed by atoms with van der Waals surface area (Å²) in [5.74, 6) is -0.210. The number of carbonyl (C=O) groups excluding carboxylic acids is 1. The highest BCUT2D eigenvalue weighted by atomic mass is 35.5. The van der Waals surface area contributed by atoms with E-state index >= 15 is 0 Å². The maximum Gasteiger partial charge on any atom is 0.346 e. The van der Waals surface area contributed by atoms with E-state index in [1.807, 2.05) is 0 Å². The van der Waals surface area contributed by atoms with Crippen LogP contribution in [0.3, 0.4) is 0 Å². The average molecular weight is 577 g/mol. The third-order valence-electron chi connectivity index (χ3n) is 6.12. The molecule has 2 heterocycles. The number of hydrogen-bond donors (Lipinski definition) is 0. The molecule has 41 heavy (non-hydrogen) atoms. The van der Waals surface area contributed by atoms with E-state index in [0.29, 0.717) is 22.2 Å². The summed E-state index contributed by atoms with van der Waals surface area (Å²) in [4.78, 5) is 41.4. The third-order valence-corrected chi connectivity index (χ3v) is 6.33. The number of nitro groups is 1. The Morgan fingerprint density at radius 1 is 1.15 bits per heavy atom. The fourth-order valence-electron chi connectivity index (χ4n) is 4.18. The van der Waals surface area contributed by atoms with Gasteiger partial charge in [-0.2, -0.15) is 9.78 Å². The molecule has 5 rings (SSSR count). The van der Waals surface area contributed by atoms with Gasteiger partial charge in [-0.25, -0.2) is 9.78 Å².